The molecule has 0 atom stereocenters. The van der Waals surface area contributed by atoms with E-state index in [1.807, 2.05) is 7.05 Å². The Hall–Kier alpha value is -0.350. The van der Waals surface area contributed by atoms with Crippen molar-refractivity contribution in [2.75, 3.05) is 20.1 Å². The molecular weight excluding hydrogens is 274 g/mol. The second-order valence-electron chi connectivity index (χ2n) is 5.28. The topological polar surface area (TPSA) is 29.3 Å². The van der Waals surface area contributed by atoms with Crippen LogP contribution in [0.15, 0.2) is 18.2 Å². The van der Waals surface area contributed by atoms with Crippen LogP contribution in [0.4, 0.5) is 4.39 Å². The van der Waals surface area contributed by atoms with Crippen molar-refractivity contribution in [2.45, 2.75) is 20.4 Å². The first-order chi connectivity index (χ1) is 7.84. The molecule has 1 aromatic rings. The molecule has 1 aromatic carbocycles. The zero-order chi connectivity index (χ0) is 13.1. The molecule has 0 heterocycles. The molecule has 2 nitrogen and oxygen atoms in total. The Morgan fingerprint density at radius 1 is 1.39 bits per heavy atom. The lowest BCUT2D eigenvalue weighted by atomic mass is 9.93. The van der Waals surface area contributed by atoms with E-state index in [2.05, 4.69) is 18.7 Å². The number of hydrogen-bond donors (Lipinski definition) is 1. The predicted molar refractivity (Wildman–Crippen MR) is 77.8 cm³/mol. The summed E-state index contributed by atoms with van der Waals surface area (Å²) in [6.45, 7) is 6.15. The molecule has 0 spiro atoms. The molecule has 0 bridgehead atoms. The molecule has 0 unspecified atom stereocenters. The largest absolute Gasteiger partial charge is 0.330 e. The first-order valence-electron chi connectivity index (χ1n) is 5.66. The zero-order valence-electron chi connectivity index (χ0n) is 11.0. The van der Waals surface area contributed by atoms with Crippen LogP contribution in [0, 0.1) is 11.2 Å². The smallest absolute Gasteiger partial charge is 0.127 e. The summed E-state index contributed by atoms with van der Waals surface area (Å²) in [5, 5.41) is 0.563. The second-order valence-corrected chi connectivity index (χ2v) is 5.71. The fourth-order valence-electron chi connectivity index (χ4n) is 1.81. The van der Waals surface area contributed by atoms with Gasteiger partial charge in [0.15, 0.2) is 0 Å². The zero-order valence-corrected chi connectivity index (χ0v) is 12.6. The van der Waals surface area contributed by atoms with E-state index in [4.69, 9.17) is 17.3 Å². The molecule has 0 aromatic heterocycles. The predicted octanol–water partition coefficient (Wildman–Crippen LogP) is 3.32. The minimum Gasteiger partial charge on any atom is -0.330 e. The van der Waals surface area contributed by atoms with Crippen molar-refractivity contribution in [2.24, 2.45) is 11.1 Å². The number of benzene rings is 1. The van der Waals surface area contributed by atoms with Crippen LogP contribution in [0.3, 0.4) is 0 Å². The van der Waals surface area contributed by atoms with Crippen LogP contribution in [0.1, 0.15) is 19.4 Å². The van der Waals surface area contributed by atoms with E-state index >= 15 is 0 Å². The fraction of sp³-hybridized carbons (Fsp3) is 0.538. The highest BCUT2D eigenvalue weighted by molar-refractivity contribution is 6.30. The third-order valence-electron chi connectivity index (χ3n) is 2.70. The van der Waals surface area contributed by atoms with Gasteiger partial charge in [0.05, 0.1) is 0 Å². The Labute approximate surface area is 120 Å². The van der Waals surface area contributed by atoms with E-state index < -0.39 is 0 Å². The van der Waals surface area contributed by atoms with Crippen molar-refractivity contribution < 1.29 is 4.39 Å². The quantitative estimate of drug-likeness (QED) is 0.903. The molecule has 104 valence electrons. The molecule has 0 amide bonds. The van der Waals surface area contributed by atoms with E-state index in [0.717, 1.165) is 6.54 Å². The summed E-state index contributed by atoms with van der Waals surface area (Å²) in [5.74, 6) is -0.216. The Bertz CT molecular complexity index is 383. The lowest BCUT2D eigenvalue weighted by molar-refractivity contribution is 0.208. The maximum atomic E-state index is 13.5. The van der Waals surface area contributed by atoms with E-state index in [1.165, 1.54) is 6.07 Å². The third-order valence-corrected chi connectivity index (χ3v) is 2.93. The number of nitrogens with two attached hydrogens (primary N) is 1. The highest BCUT2D eigenvalue weighted by Crippen LogP contribution is 2.19. The van der Waals surface area contributed by atoms with Gasteiger partial charge in [-0.05, 0) is 37.2 Å². The van der Waals surface area contributed by atoms with Crippen LogP contribution in [0.2, 0.25) is 5.02 Å². The maximum Gasteiger partial charge on any atom is 0.127 e. The van der Waals surface area contributed by atoms with Crippen molar-refractivity contribution in [3.05, 3.63) is 34.6 Å². The molecule has 0 aliphatic rings. The average molecular weight is 295 g/mol. The van der Waals surface area contributed by atoms with Crippen LogP contribution < -0.4 is 5.73 Å². The molecule has 5 heteroatoms. The normalized spacial score (nSPS) is 11.5. The van der Waals surface area contributed by atoms with E-state index in [0.29, 0.717) is 23.7 Å². The van der Waals surface area contributed by atoms with Gasteiger partial charge in [-0.25, -0.2) is 4.39 Å². The summed E-state index contributed by atoms with van der Waals surface area (Å²) in [4.78, 5) is 2.06. The van der Waals surface area contributed by atoms with Gasteiger partial charge in [-0.1, -0.05) is 25.4 Å². The fourth-order valence-corrected chi connectivity index (χ4v) is 2.00. The summed E-state index contributed by atoms with van der Waals surface area (Å²) in [5.41, 5.74) is 6.33. The minimum absolute atomic E-state index is 0. The molecule has 0 aliphatic carbocycles. The van der Waals surface area contributed by atoms with Gasteiger partial charge in [0.2, 0.25) is 0 Å². The highest BCUT2D eigenvalue weighted by Gasteiger charge is 2.18. The van der Waals surface area contributed by atoms with Crippen LogP contribution >= 0.6 is 24.0 Å². The third kappa shape index (κ3) is 5.53. The summed E-state index contributed by atoms with van der Waals surface area (Å²) in [6.07, 6.45) is 0. The lowest BCUT2D eigenvalue weighted by Gasteiger charge is -2.29. The van der Waals surface area contributed by atoms with Gasteiger partial charge < -0.3 is 10.6 Å². The summed E-state index contributed by atoms with van der Waals surface area (Å²) in [6, 6.07) is 4.63. The molecule has 0 saturated heterocycles. The van der Waals surface area contributed by atoms with Crippen LogP contribution in [-0.2, 0) is 6.54 Å². The van der Waals surface area contributed by atoms with Crippen molar-refractivity contribution in [1.82, 2.24) is 4.90 Å². The lowest BCUT2D eigenvalue weighted by Crippen LogP contribution is -2.36. The maximum absolute atomic E-state index is 13.5. The highest BCUT2D eigenvalue weighted by atomic mass is 35.5. The van der Waals surface area contributed by atoms with Crippen molar-refractivity contribution in [3.63, 3.8) is 0 Å². The second kappa shape index (κ2) is 7.29. The molecule has 18 heavy (non-hydrogen) atoms. The summed E-state index contributed by atoms with van der Waals surface area (Å²) in [7, 11) is 1.96. The summed E-state index contributed by atoms with van der Waals surface area (Å²) < 4.78 is 13.5. The molecule has 0 aliphatic heterocycles. The summed E-state index contributed by atoms with van der Waals surface area (Å²) >= 11 is 5.86. The first-order valence-corrected chi connectivity index (χ1v) is 6.04. The Morgan fingerprint density at radius 3 is 2.56 bits per heavy atom. The van der Waals surface area contributed by atoms with E-state index in [1.54, 1.807) is 12.1 Å². The van der Waals surface area contributed by atoms with E-state index in [9.17, 15) is 4.39 Å². The molecule has 2 N–H and O–H groups in total. The van der Waals surface area contributed by atoms with Gasteiger partial charge in [-0.2, -0.15) is 0 Å². The Kier molecular flexibility index (Phi) is 7.15. The minimum atomic E-state index is -0.216. The monoisotopic (exact) mass is 294 g/mol. The first kappa shape index (κ1) is 17.6. The van der Waals surface area contributed by atoms with Crippen LogP contribution in [-0.4, -0.2) is 25.0 Å². The molecule has 0 radical (unpaired) electrons. The van der Waals surface area contributed by atoms with Crippen molar-refractivity contribution in [3.8, 4) is 0 Å². The standard InChI is InChI=1S/C13H20ClFN2.ClH/c1-13(2,8-16)9-17(3)7-10-6-11(14)4-5-12(10)15;/h4-6H,7-9,16H2,1-3H3;1H. The Balaban J connectivity index is 0.00000289. The van der Waals surface area contributed by atoms with Crippen molar-refractivity contribution >= 4 is 24.0 Å². The molecule has 0 saturated carbocycles. The molecular formula is C13H21Cl2FN2. The number of rotatable bonds is 5. The number of nitrogens with zero attached hydrogens (tertiary/aromatic N) is 1. The van der Waals surface area contributed by atoms with Crippen LogP contribution in [0.25, 0.3) is 0 Å². The van der Waals surface area contributed by atoms with Crippen molar-refractivity contribution in [1.29, 1.82) is 0 Å². The SMILES string of the molecule is CN(Cc1cc(Cl)ccc1F)CC(C)(C)CN.Cl. The average Bonchev–Trinajstić information content (AvgIpc) is 2.23. The van der Waals surface area contributed by atoms with Gasteiger partial charge in [0.25, 0.3) is 0 Å². The van der Waals surface area contributed by atoms with Gasteiger partial charge in [-0.3, -0.25) is 0 Å². The van der Waals surface area contributed by atoms with E-state index in [-0.39, 0.29) is 23.6 Å². The number of hydrogen-bond acceptors (Lipinski definition) is 2. The van der Waals surface area contributed by atoms with Gasteiger partial charge in [0.1, 0.15) is 5.82 Å². The Morgan fingerprint density at radius 2 is 2.00 bits per heavy atom. The molecule has 0 fully saturated rings. The molecule has 1 rings (SSSR count). The number of halogens is 3. The van der Waals surface area contributed by atoms with Gasteiger partial charge in [-0.15, -0.1) is 12.4 Å². The van der Waals surface area contributed by atoms with Gasteiger partial charge in [0, 0.05) is 23.7 Å². The van der Waals surface area contributed by atoms with Crippen LogP contribution in [0.5, 0.6) is 0 Å². The van der Waals surface area contributed by atoms with Gasteiger partial charge >= 0.3 is 0 Å².